The lowest BCUT2D eigenvalue weighted by molar-refractivity contribution is -0.141. The van der Waals surface area contributed by atoms with Crippen LogP contribution in [-0.4, -0.2) is 45.2 Å². The number of benzene rings is 1. The van der Waals surface area contributed by atoms with Crippen LogP contribution in [0.25, 0.3) is 28.2 Å². The highest BCUT2D eigenvalue weighted by atomic mass is 19.4. The average Bonchev–Trinajstić information content (AvgIpc) is 3.62. The number of halogens is 3. The summed E-state index contributed by atoms with van der Waals surface area (Å²) >= 11 is 0. The molecule has 0 saturated heterocycles. The lowest BCUT2D eigenvalue weighted by Gasteiger charge is -2.22. The molecular formula is C30H28F3N9O2. The monoisotopic (exact) mass is 603 g/mol. The van der Waals surface area contributed by atoms with E-state index in [1.54, 1.807) is 42.3 Å². The van der Waals surface area contributed by atoms with Crippen molar-refractivity contribution in [2.24, 2.45) is 13.0 Å². The summed E-state index contributed by atoms with van der Waals surface area (Å²) in [6.07, 6.45) is 2.58. The van der Waals surface area contributed by atoms with Gasteiger partial charge in [0.15, 0.2) is 5.69 Å². The van der Waals surface area contributed by atoms with Crippen molar-refractivity contribution in [3.05, 3.63) is 88.6 Å². The van der Waals surface area contributed by atoms with Crippen LogP contribution in [0.3, 0.4) is 0 Å². The number of fused-ring (bicyclic) bond motifs is 4. The molecule has 44 heavy (non-hydrogen) atoms. The van der Waals surface area contributed by atoms with Crippen molar-refractivity contribution < 1.29 is 18.0 Å². The van der Waals surface area contributed by atoms with Gasteiger partial charge in [0.2, 0.25) is 5.91 Å². The molecule has 0 unspecified atom stereocenters. The van der Waals surface area contributed by atoms with Gasteiger partial charge in [0.1, 0.15) is 0 Å². The Labute approximate surface area is 249 Å². The fourth-order valence-corrected chi connectivity index (χ4v) is 5.44. The normalized spacial score (nSPS) is 17.4. The van der Waals surface area contributed by atoms with Gasteiger partial charge in [-0.15, -0.1) is 5.10 Å². The highest BCUT2D eigenvalue weighted by molar-refractivity contribution is 5.95. The molecule has 5 heterocycles. The van der Waals surface area contributed by atoms with Gasteiger partial charge < -0.3 is 5.32 Å². The molecule has 1 N–H and O–H groups in total. The number of hydrogen-bond donors (Lipinski definition) is 1. The van der Waals surface area contributed by atoms with Gasteiger partial charge in [0.05, 0.1) is 53.2 Å². The molecule has 0 radical (unpaired) electrons. The zero-order valence-electron chi connectivity index (χ0n) is 24.1. The van der Waals surface area contributed by atoms with Crippen LogP contribution in [0.1, 0.15) is 49.2 Å². The van der Waals surface area contributed by atoms with Crippen LogP contribution in [0.2, 0.25) is 0 Å². The summed E-state index contributed by atoms with van der Waals surface area (Å²) in [6, 6.07) is 9.64. The number of hydrogen-bond acceptors (Lipinski definition) is 7. The van der Waals surface area contributed by atoms with Crippen LogP contribution >= 0.6 is 0 Å². The van der Waals surface area contributed by atoms with Crippen LogP contribution < -0.4 is 10.9 Å². The fourth-order valence-electron chi connectivity index (χ4n) is 5.44. The molecule has 4 aromatic heterocycles. The van der Waals surface area contributed by atoms with Gasteiger partial charge in [0, 0.05) is 36.4 Å². The Kier molecular flexibility index (Phi) is 7.35. The second kappa shape index (κ2) is 11.2. The lowest BCUT2D eigenvalue weighted by Crippen LogP contribution is -2.27. The van der Waals surface area contributed by atoms with E-state index in [2.05, 4.69) is 30.7 Å². The molecule has 1 aromatic carbocycles. The van der Waals surface area contributed by atoms with E-state index < -0.39 is 17.9 Å². The van der Waals surface area contributed by atoms with Crippen LogP contribution in [0, 0.1) is 12.8 Å². The minimum absolute atomic E-state index is 0.113. The predicted molar refractivity (Wildman–Crippen MR) is 155 cm³/mol. The largest absolute Gasteiger partial charge is 0.436 e. The van der Waals surface area contributed by atoms with E-state index in [9.17, 15) is 22.8 Å². The number of rotatable bonds is 3. The molecule has 0 saturated carbocycles. The Morgan fingerprint density at radius 1 is 1.05 bits per heavy atom. The number of anilines is 1. The first kappa shape index (κ1) is 29.0. The van der Waals surface area contributed by atoms with Gasteiger partial charge in [-0.3, -0.25) is 23.8 Å². The number of aryl methyl sites for hydroxylation is 2. The van der Waals surface area contributed by atoms with Gasteiger partial charge >= 0.3 is 6.18 Å². The summed E-state index contributed by atoms with van der Waals surface area (Å²) in [7, 11) is 1.79. The highest BCUT2D eigenvalue weighted by Gasteiger charge is 2.35. The molecular weight excluding hydrogens is 575 g/mol. The standard InChI is InChI=1S/C30H28F3N9O2/c1-17-7-8-24(42-15-26(38-39-42)30(31,32)33)20(11-17)21-13-27(43)41(16-35-21)25-6-4-5-18(2)29(44)37-23-14-36-40(3)28(23)19-9-10-34-22(25)12-19/h7-16,18,25H,4-6H2,1-3H3,(H,37,44)/t18-,25+/m1/s1. The third-order valence-corrected chi connectivity index (χ3v) is 7.79. The van der Waals surface area contributed by atoms with Gasteiger partial charge in [-0.1, -0.05) is 30.2 Å². The van der Waals surface area contributed by atoms with Crippen molar-refractivity contribution >= 4 is 11.6 Å². The Hall–Kier alpha value is -5.14. The van der Waals surface area contributed by atoms with E-state index in [4.69, 9.17) is 0 Å². The first-order chi connectivity index (χ1) is 21.0. The number of alkyl halides is 3. The van der Waals surface area contributed by atoms with E-state index in [0.717, 1.165) is 22.0 Å². The van der Waals surface area contributed by atoms with Crippen molar-refractivity contribution in [3.8, 4) is 28.2 Å². The van der Waals surface area contributed by atoms with Gasteiger partial charge in [-0.2, -0.15) is 18.3 Å². The Bertz CT molecular complexity index is 1930. The van der Waals surface area contributed by atoms with E-state index in [0.29, 0.717) is 47.6 Å². The summed E-state index contributed by atoms with van der Waals surface area (Å²) in [6.45, 7) is 3.69. The Morgan fingerprint density at radius 3 is 2.61 bits per heavy atom. The molecule has 0 fully saturated rings. The van der Waals surface area contributed by atoms with Crippen molar-refractivity contribution in [2.45, 2.75) is 45.3 Å². The Morgan fingerprint density at radius 2 is 1.86 bits per heavy atom. The second-order valence-electron chi connectivity index (χ2n) is 10.9. The van der Waals surface area contributed by atoms with E-state index in [1.807, 2.05) is 26.0 Å². The van der Waals surface area contributed by atoms with Crippen LogP contribution in [0.5, 0.6) is 0 Å². The predicted octanol–water partition coefficient (Wildman–Crippen LogP) is 4.96. The molecule has 226 valence electrons. The molecule has 6 rings (SSSR count). The average molecular weight is 604 g/mol. The number of carbonyl (C=O) groups excluding carboxylic acids is 1. The van der Waals surface area contributed by atoms with Crippen molar-refractivity contribution in [1.82, 2.24) is 39.3 Å². The van der Waals surface area contributed by atoms with Crippen molar-refractivity contribution in [1.29, 1.82) is 0 Å². The molecule has 1 aliphatic heterocycles. The van der Waals surface area contributed by atoms with Gasteiger partial charge in [0.25, 0.3) is 5.56 Å². The van der Waals surface area contributed by atoms with E-state index in [1.165, 1.54) is 17.0 Å². The van der Waals surface area contributed by atoms with Gasteiger partial charge in [-0.25, -0.2) is 9.67 Å². The summed E-state index contributed by atoms with van der Waals surface area (Å²) < 4.78 is 43.8. The lowest BCUT2D eigenvalue weighted by atomic mass is 9.97. The number of pyridine rings is 1. The second-order valence-corrected chi connectivity index (χ2v) is 10.9. The van der Waals surface area contributed by atoms with Gasteiger partial charge in [-0.05, 0) is 44.0 Å². The third kappa shape index (κ3) is 5.50. The molecule has 2 bridgehead atoms. The highest BCUT2D eigenvalue weighted by Crippen LogP contribution is 2.33. The number of aromatic nitrogens is 8. The number of amides is 1. The summed E-state index contributed by atoms with van der Waals surface area (Å²) in [5.41, 5.74) is 3.03. The van der Waals surface area contributed by atoms with E-state index >= 15 is 0 Å². The third-order valence-electron chi connectivity index (χ3n) is 7.79. The fraction of sp³-hybridized carbons (Fsp3) is 0.300. The SMILES string of the molecule is Cc1ccc(-n2cc(C(F)(F)F)nn2)c(-c2cc(=O)n([C@H]3CCC[C@@H](C)C(=O)Nc4cnn(C)c4-c4ccnc3c4)cn2)c1. The molecule has 0 spiro atoms. The topological polar surface area (TPSA) is 125 Å². The number of nitrogens with one attached hydrogen (secondary N) is 1. The first-order valence-corrected chi connectivity index (χ1v) is 14.0. The maximum absolute atomic E-state index is 13.7. The van der Waals surface area contributed by atoms with E-state index in [-0.39, 0.29) is 23.1 Å². The summed E-state index contributed by atoms with van der Waals surface area (Å²) in [5, 5.41) is 14.2. The van der Waals surface area contributed by atoms with Crippen LogP contribution in [0.15, 0.2) is 66.1 Å². The molecule has 11 nitrogen and oxygen atoms in total. The summed E-state index contributed by atoms with van der Waals surface area (Å²) in [4.78, 5) is 35.8. The number of nitrogens with zero attached hydrogens (tertiary/aromatic N) is 8. The number of carbonyl (C=O) groups is 1. The Balaban J connectivity index is 1.42. The first-order valence-electron chi connectivity index (χ1n) is 14.0. The molecule has 5 aromatic rings. The quantitative estimate of drug-likeness (QED) is 0.309. The maximum atomic E-state index is 13.7. The minimum atomic E-state index is -4.65. The molecule has 0 aliphatic carbocycles. The zero-order chi connectivity index (χ0) is 31.2. The molecule has 1 amide bonds. The maximum Gasteiger partial charge on any atom is 0.436 e. The zero-order valence-corrected chi connectivity index (χ0v) is 24.1. The van der Waals surface area contributed by atoms with Crippen LogP contribution in [-0.2, 0) is 18.0 Å². The van der Waals surface area contributed by atoms with Crippen molar-refractivity contribution in [3.63, 3.8) is 0 Å². The minimum Gasteiger partial charge on any atom is -0.323 e. The molecule has 2 atom stereocenters. The van der Waals surface area contributed by atoms with Crippen LogP contribution in [0.4, 0.5) is 18.9 Å². The molecule has 1 aliphatic rings. The molecule has 14 heteroatoms. The van der Waals surface area contributed by atoms with Crippen molar-refractivity contribution in [2.75, 3.05) is 5.32 Å². The summed E-state index contributed by atoms with van der Waals surface area (Å²) in [5.74, 6) is -0.390. The smallest absolute Gasteiger partial charge is 0.323 e.